The number of rotatable bonds is 4. The van der Waals surface area contributed by atoms with Crippen molar-refractivity contribution in [2.45, 2.75) is 57.4 Å². The van der Waals surface area contributed by atoms with Crippen LogP contribution in [0.5, 0.6) is 0 Å². The van der Waals surface area contributed by atoms with E-state index in [2.05, 4.69) is 29.6 Å². The van der Waals surface area contributed by atoms with Gasteiger partial charge in [-0.2, -0.15) is 0 Å². The molecular weight excluding hydrogens is 366 g/mol. The minimum absolute atomic E-state index is 0.113. The number of imide groups is 1. The summed E-state index contributed by atoms with van der Waals surface area (Å²) in [4.78, 5) is 41.3. The molecule has 3 fully saturated rings. The first-order valence-corrected chi connectivity index (χ1v) is 11.0. The summed E-state index contributed by atoms with van der Waals surface area (Å²) in [5.74, 6) is 0.361. The van der Waals surface area contributed by atoms with E-state index in [4.69, 9.17) is 0 Å². The molecule has 2 atom stereocenters. The zero-order valence-corrected chi connectivity index (χ0v) is 17.2. The summed E-state index contributed by atoms with van der Waals surface area (Å²) < 4.78 is 0. The molecule has 4 amide bonds. The Bertz CT molecular complexity index is 773. The van der Waals surface area contributed by atoms with Crippen LogP contribution >= 0.6 is 0 Å². The van der Waals surface area contributed by atoms with Crippen LogP contribution in [0.15, 0.2) is 30.3 Å². The molecular formula is C23H31N3O3. The maximum absolute atomic E-state index is 13.0. The Morgan fingerprint density at radius 3 is 2.52 bits per heavy atom. The molecule has 1 N–H and O–H groups in total. The van der Waals surface area contributed by atoms with Gasteiger partial charge in [0.05, 0.1) is 0 Å². The van der Waals surface area contributed by atoms with Crippen LogP contribution in [0, 0.1) is 11.8 Å². The van der Waals surface area contributed by atoms with E-state index in [9.17, 15) is 14.4 Å². The third-order valence-corrected chi connectivity index (χ3v) is 7.13. The lowest BCUT2D eigenvalue weighted by Crippen LogP contribution is -2.54. The van der Waals surface area contributed by atoms with Crippen molar-refractivity contribution in [2.24, 2.45) is 11.8 Å². The molecule has 2 saturated heterocycles. The fourth-order valence-electron chi connectivity index (χ4n) is 5.21. The highest BCUT2D eigenvalue weighted by Gasteiger charge is 2.55. The fraction of sp³-hybridized carbons (Fsp3) is 0.609. The van der Waals surface area contributed by atoms with Gasteiger partial charge in [0, 0.05) is 13.1 Å². The number of carbonyl (C=O) groups excluding carboxylic acids is 3. The Kier molecular flexibility index (Phi) is 5.61. The number of carbonyl (C=O) groups is 3. The highest BCUT2D eigenvalue weighted by atomic mass is 16.2. The van der Waals surface area contributed by atoms with E-state index < -0.39 is 11.6 Å². The summed E-state index contributed by atoms with van der Waals surface area (Å²) in [6.45, 7) is 3.28. The number of likely N-dealkylation sites (tertiary alicyclic amines) is 1. The number of benzene rings is 1. The Labute approximate surface area is 172 Å². The second-order valence-electron chi connectivity index (χ2n) is 8.95. The Morgan fingerprint density at radius 1 is 1.10 bits per heavy atom. The lowest BCUT2D eigenvalue weighted by molar-refractivity contribution is -0.141. The summed E-state index contributed by atoms with van der Waals surface area (Å²) >= 11 is 0. The van der Waals surface area contributed by atoms with Crippen LogP contribution in [0.3, 0.4) is 0 Å². The molecule has 0 unspecified atom stereocenters. The molecule has 0 aromatic heterocycles. The van der Waals surface area contributed by atoms with E-state index in [0.29, 0.717) is 25.4 Å². The number of hydrogen-bond acceptors (Lipinski definition) is 3. The van der Waals surface area contributed by atoms with Gasteiger partial charge in [-0.1, -0.05) is 50.1 Å². The minimum Gasteiger partial charge on any atom is -0.341 e. The second kappa shape index (κ2) is 8.17. The van der Waals surface area contributed by atoms with Gasteiger partial charge in [0.1, 0.15) is 12.1 Å². The van der Waals surface area contributed by atoms with E-state index in [1.807, 2.05) is 17.9 Å². The third kappa shape index (κ3) is 3.89. The van der Waals surface area contributed by atoms with Gasteiger partial charge in [-0.15, -0.1) is 0 Å². The van der Waals surface area contributed by atoms with Crippen LogP contribution in [0.25, 0.3) is 0 Å². The first-order valence-electron chi connectivity index (χ1n) is 11.0. The maximum atomic E-state index is 13.0. The second-order valence-corrected chi connectivity index (χ2v) is 8.95. The van der Waals surface area contributed by atoms with Crippen LogP contribution in [-0.2, 0) is 16.0 Å². The van der Waals surface area contributed by atoms with Crippen molar-refractivity contribution in [3.05, 3.63) is 35.9 Å². The number of piperidine rings is 1. The van der Waals surface area contributed by atoms with Crippen molar-refractivity contribution >= 4 is 17.8 Å². The van der Waals surface area contributed by atoms with Crippen LogP contribution in [0.4, 0.5) is 4.79 Å². The van der Waals surface area contributed by atoms with Gasteiger partial charge in [0.25, 0.3) is 5.91 Å². The summed E-state index contributed by atoms with van der Waals surface area (Å²) in [6.07, 6.45) is 6.59. The van der Waals surface area contributed by atoms with E-state index in [0.717, 1.165) is 43.4 Å². The van der Waals surface area contributed by atoms with Gasteiger partial charge in [0.2, 0.25) is 5.91 Å². The lowest BCUT2D eigenvalue weighted by atomic mass is 9.73. The first kappa shape index (κ1) is 19.9. The molecule has 6 heteroatoms. The highest BCUT2D eigenvalue weighted by molar-refractivity contribution is 6.09. The van der Waals surface area contributed by atoms with Gasteiger partial charge in [-0.05, 0) is 49.5 Å². The number of nitrogens with one attached hydrogen (secondary N) is 1. The van der Waals surface area contributed by atoms with Crippen LogP contribution in [0.1, 0.15) is 51.0 Å². The van der Waals surface area contributed by atoms with Gasteiger partial charge in [-0.3, -0.25) is 14.5 Å². The Balaban J connectivity index is 1.32. The van der Waals surface area contributed by atoms with Gasteiger partial charge in [-0.25, -0.2) is 4.79 Å². The van der Waals surface area contributed by atoms with E-state index >= 15 is 0 Å². The molecule has 6 nitrogen and oxygen atoms in total. The van der Waals surface area contributed by atoms with Crippen molar-refractivity contribution in [2.75, 3.05) is 19.6 Å². The topological polar surface area (TPSA) is 69.7 Å². The summed E-state index contributed by atoms with van der Waals surface area (Å²) in [6, 6.07) is 10.0. The molecule has 3 aliphatic rings. The molecule has 156 valence electrons. The van der Waals surface area contributed by atoms with Crippen LogP contribution < -0.4 is 5.32 Å². The molecule has 2 heterocycles. The number of nitrogens with zero attached hydrogens (tertiary/aromatic N) is 2. The highest BCUT2D eigenvalue weighted by Crippen LogP contribution is 2.38. The number of amides is 4. The number of urea groups is 1. The summed E-state index contributed by atoms with van der Waals surface area (Å²) in [7, 11) is 0. The molecule has 2 aliphatic heterocycles. The predicted octanol–water partition coefficient (Wildman–Crippen LogP) is 2.97. The van der Waals surface area contributed by atoms with Gasteiger partial charge < -0.3 is 10.2 Å². The molecule has 1 spiro atoms. The summed E-state index contributed by atoms with van der Waals surface area (Å²) in [5, 5.41) is 2.93. The first-order chi connectivity index (χ1) is 14.0. The van der Waals surface area contributed by atoms with Crippen molar-refractivity contribution < 1.29 is 14.4 Å². The van der Waals surface area contributed by atoms with Gasteiger partial charge in [0.15, 0.2) is 0 Å². The monoisotopic (exact) mass is 397 g/mol. The zero-order chi connectivity index (χ0) is 20.4. The normalized spacial score (nSPS) is 28.1. The largest absolute Gasteiger partial charge is 0.341 e. The van der Waals surface area contributed by atoms with Crippen molar-refractivity contribution in [3.63, 3.8) is 0 Å². The fourth-order valence-corrected chi connectivity index (χ4v) is 5.21. The molecule has 4 rings (SSSR count). The van der Waals surface area contributed by atoms with E-state index in [-0.39, 0.29) is 24.3 Å². The molecule has 1 aliphatic carbocycles. The Morgan fingerprint density at radius 2 is 1.83 bits per heavy atom. The van der Waals surface area contributed by atoms with Crippen LogP contribution in [-0.4, -0.2) is 52.8 Å². The molecule has 1 saturated carbocycles. The molecule has 0 radical (unpaired) electrons. The van der Waals surface area contributed by atoms with Crippen molar-refractivity contribution in [3.8, 4) is 0 Å². The van der Waals surface area contributed by atoms with Gasteiger partial charge >= 0.3 is 6.03 Å². The zero-order valence-electron chi connectivity index (χ0n) is 17.2. The average Bonchev–Trinajstić information content (AvgIpc) is 2.96. The standard InChI is InChI=1S/C23H31N3O3/c1-17-7-5-6-12-23(17)21(28)26(22(29)24-23)16-20(27)25-13-10-19(11-14-25)15-18-8-3-2-4-9-18/h2-4,8-9,17,19H,5-7,10-16H2,1H3,(H,24,29)/t17-,23+/m0/s1. The summed E-state index contributed by atoms with van der Waals surface area (Å²) in [5.41, 5.74) is 0.543. The average molecular weight is 398 g/mol. The smallest absolute Gasteiger partial charge is 0.325 e. The quantitative estimate of drug-likeness (QED) is 0.794. The number of hydrogen-bond donors (Lipinski definition) is 1. The van der Waals surface area contributed by atoms with Crippen molar-refractivity contribution in [1.82, 2.24) is 15.1 Å². The SMILES string of the molecule is C[C@H]1CCCC[C@@]12NC(=O)N(CC(=O)N1CCC(Cc3ccccc3)CC1)C2=O. The molecule has 1 aromatic carbocycles. The maximum Gasteiger partial charge on any atom is 0.325 e. The molecule has 1 aromatic rings. The van der Waals surface area contributed by atoms with E-state index in [1.165, 1.54) is 5.56 Å². The van der Waals surface area contributed by atoms with Crippen LogP contribution in [0.2, 0.25) is 0 Å². The minimum atomic E-state index is -0.793. The van der Waals surface area contributed by atoms with E-state index in [1.54, 1.807) is 0 Å². The molecule has 29 heavy (non-hydrogen) atoms. The third-order valence-electron chi connectivity index (χ3n) is 7.13. The Hall–Kier alpha value is -2.37. The lowest BCUT2D eigenvalue weighted by Gasteiger charge is -2.37. The predicted molar refractivity (Wildman–Crippen MR) is 110 cm³/mol. The van der Waals surface area contributed by atoms with Crippen molar-refractivity contribution in [1.29, 1.82) is 0 Å². The molecule has 0 bridgehead atoms.